The van der Waals surface area contributed by atoms with E-state index in [0.717, 1.165) is 24.6 Å². The first kappa shape index (κ1) is 22.9. The fourth-order valence-corrected chi connectivity index (χ4v) is 3.64. The number of hydrogen-bond donors (Lipinski definition) is 2. The maximum atomic E-state index is 13.9. The number of fused-ring (bicyclic) bond motifs is 1. The Morgan fingerprint density at radius 1 is 1.23 bits per heavy atom. The Balaban J connectivity index is 1.66. The quantitative estimate of drug-likeness (QED) is 0.630. The Hall–Kier alpha value is -2.80. The molecule has 0 bridgehead atoms. The molecule has 2 N–H and O–H groups in total. The molecule has 3 rings (SSSR count). The molecule has 6 nitrogen and oxygen atoms in total. The molecule has 1 unspecified atom stereocenters. The molecule has 1 heterocycles. The lowest BCUT2D eigenvalue weighted by molar-refractivity contribution is -0.128. The Morgan fingerprint density at radius 3 is 2.68 bits per heavy atom. The van der Waals surface area contributed by atoms with Crippen molar-refractivity contribution < 1.29 is 18.7 Å². The average Bonchev–Trinajstić information content (AvgIpc) is 2.77. The summed E-state index contributed by atoms with van der Waals surface area (Å²) in [5, 5.41) is 5.85. The molecule has 2 aromatic carbocycles. The van der Waals surface area contributed by atoms with Crippen LogP contribution in [-0.4, -0.2) is 37.0 Å². The minimum atomic E-state index is -0.674. The average molecular weight is 448 g/mol. The van der Waals surface area contributed by atoms with E-state index in [1.54, 1.807) is 0 Å². The number of anilines is 2. The van der Waals surface area contributed by atoms with Crippen LogP contribution in [0.1, 0.15) is 33.1 Å². The van der Waals surface area contributed by atoms with Gasteiger partial charge in [-0.15, -0.1) is 0 Å². The van der Waals surface area contributed by atoms with Gasteiger partial charge in [0.2, 0.25) is 5.91 Å². The molecule has 2 amide bonds. The molecular formula is C23H27ClFN3O3. The minimum Gasteiger partial charge on any atom is -0.477 e. The Morgan fingerprint density at radius 2 is 1.97 bits per heavy atom. The fourth-order valence-electron chi connectivity index (χ4n) is 3.48. The number of halogens is 2. The van der Waals surface area contributed by atoms with Crippen molar-refractivity contribution in [3.05, 3.63) is 53.3 Å². The van der Waals surface area contributed by atoms with Gasteiger partial charge in [0.25, 0.3) is 5.91 Å². The lowest BCUT2D eigenvalue weighted by atomic mass is 10.1. The molecule has 0 radical (unpaired) electrons. The van der Waals surface area contributed by atoms with Crippen LogP contribution in [0.5, 0.6) is 5.75 Å². The molecule has 0 fully saturated rings. The molecule has 1 aliphatic heterocycles. The second-order valence-corrected chi connectivity index (χ2v) is 7.90. The highest BCUT2D eigenvalue weighted by Crippen LogP contribution is 2.33. The van der Waals surface area contributed by atoms with Crippen LogP contribution in [0.4, 0.5) is 15.8 Å². The first-order chi connectivity index (χ1) is 14.9. The van der Waals surface area contributed by atoms with E-state index in [1.165, 1.54) is 12.1 Å². The number of nitrogens with one attached hydrogen (secondary N) is 2. The Kier molecular flexibility index (Phi) is 7.74. The van der Waals surface area contributed by atoms with Crippen molar-refractivity contribution in [3.63, 3.8) is 0 Å². The second-order valence-electron chi connectivity index (χ2n) is 7.46. The molecule has 166 valence electrons. The number of nitrogens with zero attached hydrogens (tertiary/aromatic N) is 1. The third-order valence-electron chi connectivity index (χ3n) is 5.30. The number of carbonyl (C=O) groups excluding carboxylic acids is 2. The molecule has 0 aromatic heterocycles. The number of ether oxygens (including phenoxy) is 1. The predicted octanol–water partition coefficient (Wildman–Crippen LogP) is 4.38. The number of carbonyl (C=O) groups is 2. The van der Waals surface area contributed by atoms with Gasteiger partial charge in [-0.1, -0.05) is 37.6 Å². The van der Waals surface area contributed by atoms with E-state index in [1.807, 2.05) is 43.0 Å². The zero-order chi connectivity index (χ0) is 22.4. The van der Waals surface area contributed by atoms with E-state index in [2.05, 4.69) is 10.6 Å². The Labute approximate surface area is 186 Å². The molecule has 1 aliphatic rings. The van der Waals surface area contributed by atoms with Crippen LogP contribution in [0.2, 0.25) is 5.02 Å². The molecule has 0 spiro atoms. The predicted molar refractivity (Wildman–Crippen MR) is 120 cm³/mol. The highest BCUT2D eigenvalue weighted by Gasteiger charge is 2.31. The number of rotatable bonds is 8. The van der Waals surface area contributed by atoms with Crippen molar-refractivity contribution in [1.82, 2.24) is 5.32 Å². The second kappa shape index (κ2) is 10.5. The highest BCUT2D eigenvalue weighted by atomic mass is 35.5. The number of benzene rings is 2. The van der Waals surface area contributed by atoms with Gasteiger partial charge >= 0.3 is 0 Å². The maximum absolute atomic E-state index is 13.9. The van der Waals surface area contributed by atoms with Gasteiger partial charge < -0.3 is 20.3 Å². The van der Waals surface area contributed by atoms with E-state index < -0.39 is 11.9 Å². The molecule has 8 heteroatoms. The van der Waals surface area contributed by atoms with Crippen LogP contribution in [-0.2, 0) is 9.59 Å². The molecule has 0 saturated heterocycles. The zero-order valence-corrected chi connectivity index (χ0v) is 18.4. The van der Waals surface area contributed by atoms with Crippen molar-refractivity contribution in [2.45, 2.75) is 45.3 Å². The van der Waals surface area contributed by atoms with Crippen LogP contribution in [0, 0.1) is 5.82 Å². The van der Waals surface area contributed by atoms with E-state index in [9.17, 15) is 14.0 Å². The third-order valence-corrected chi connectivity index (χ3v) is 5.53. The van der Waals surface area contributed by atoms with Crippen LogP contribution < -0.4 is 20.3 Å². The summed E-state index contributed by atoms with van der Waals surface area (Å²) in [5.74, 6) is -0.484. The standard InChI is InChI=1S/C23H27ClFN3O3/c1-3-16(4-2)26-23(30)21-14-28(19-7-5-6-8-20(19)31-21)12-11-22(29)27-18-10-9-15(24)13-17(18)25/h5-10,13,16,21H,3-4,11-12,14H2,1-2H3,(H,26,30)(H,27,29). The van der Waals surface area contributed by atoms with Crippen LogP contribution >= 0.6 is 11.6 Å². The van der Waals surface area contributed by atoms with Crippen molar-refractivity contribution in [2.75, 3.05) is 23.3 Å². The largest absolute Gasteiger partial charge is 0.477 e. The first-order valence-corrected chi connectivity index (χ1v) is 10.8. The molecule has 0 aliphatic carbocycles. The summed E-state index contributed by atoms with van der Waals surface area (Å²) in [6.45, 7) is 4.74. The summed E-state index contributed by atoms with van der Waals surface area (Å²) >= 11 is 5.75. The van der Waals surface area contributed by atoms with Gasteiger partial charge in [0.15, 0.2) is 6.10 Å². The van der Waals surface area contributed by atoms with Gasteiger partial charge in [-0.2, -0.15) is 0 Å². The van der Waals surface area contributed by atoms with Crippen LogP contribution in [0.3, 0.4) is 0 Å². The van der Waals surface area contributed by atoms with Gasteiger partial charge in [-0.25, -0.2) is 4.39 Å². The summed E-state index contributed by atoms with van der Waals surface area (Å²) < 4.78 is 19.9. The van der Waals surface area contributed by atoms with E-state index in [0.29, 0.717) is 18.8 Å². The number of para-hydroxylation sites is 2. The highest BCUT2D eigenvalue weighted by molar-refractivity contribution is 6.30. The maximum Gasteiger partial charge on any atom is 0.263 e. The summed E-state index contributed by atoms with van der Waals surface area (Å²) in [5.41, 5.74) is 0.902. The van der Waals surface area contributed by atoms with Gasteiger partial charge in [-0.05, 0) is 43.2 Å². The topological polar surface area (TPSA) is 70.7 Å². The van der Waals surface area contributed by atoms with E-state index in [4.69, 9.17) is 16.3 Å². The summed E-state index contributed by atoms with van der Waals surface area (Å²) in [6.07, 6.45) is 1.14. The monoisotopic (exact) mass is 447 g/mol. The van der Waals surface area contributed by atoms with Crippen molar-refractivity contribution in [2.24, 2.45) is 0 Å². The first-order valence-electron chi connectivity index (χ1n) is 10.5. The molecule has 1 atom stereocenters. The summed E-state index contributed by atoms with van der Waals surface area (Å²) in [6, 6.07) is 11.6. The zero-order valence-electron chi connectivity index (χ0n) is 17.7. The summed E-state index contributed by atoms with van der Waals surface area (Å²) in [7, 11) is 0. The normalized spacial score (nSPS) is 15.3. The SMILES string of the molecule is CCC(CC)NC(=O)C1CN(CCC(=O)Nc2ccc(Cl)cc2F)c2ccccc2O1. The summed E-state index contributed by atoms with van der Waals surface area (Å²) in [4.78, 5) is 27.1. The fraction of sp³-hybridized carbons (Fsp3) is 0.391. The van der Waals surface area contributed by atoms with Crippen LogP contribution in [0.15, 0.2) is 42.5 Å². The van der Waals surface area contributed by atoms with Crippen molar-refractivity contribution >= 4 is 34.8 Å². The van der Waals surface area contributed by atoms with Gasteiger partial charge in [-0.3, -0.25) is 9.59 Å². The minimum absolute atomic E-state index is 0.0826. The van der Waals surface area contributed by atoms with Gasteiger partial charge in [0.1, 0.15) is 11.6 Å². The van der Waals surface area contributed by atoms with E-state index in [-0.39, 0.29) is 35.0 Å². The Bertz CT molecular complexity index is 936. The smallest absolute Gasteiger partial charge is 0.263 e. The number of hydrogen-bond acceptors (Lipinski definition) is 4. The third kappa shape index (κ3) is 5.88. The van der Waals surface area contributed by atoms with Crippen molar-refractivity contribution in [1.29, 1.82) is 0 Å². The number of amides is 2. The lowest BCUT2D eigenvalue weighted by Crippen LogP contribution is -2.51. The molecule has 0 saturated carbocycles. The van der Waals surface area contributed by atoms with Gasteiger partial charge in [0.05, 0.1) is 17.9 Å². The van der Waals surface area contributed by atoms with Gasteiger partial charge in [0, 0.05) is 24.0 Å². The van der Waals surface area contributed by atoms with Crippen LogP contribution in [0.25, 0.3) is 0 Å². The van der Waals surface area contributed by atoms with E-state index >= 15 is 0 Å². The molecule has 31 heavy (non-hydrogen) atoms. The molecular weight excluding hydrogens is 421 g/mol. The van der Waals surface area contributed by atoms with Crippen molar-refractivity contribution in [3.8, 4) is 5.75 Å². The molecule has 2 aromatic rings. The lowest BCUT2D eigenvalue weighted by Gasteiger charge is -2.36.